The molecule has 2 saturated heterocycles. The van der Waals surface area contributed by atoms with Crippen LogP contribution in [0.1, 0.15) is 36.8 Å². The highest BCUT2D eigenvalue weighted by Crippen LogP contribution is 2.27. The first-order valence-corrected chi connectivity index (χ1v) is 11.1. The number of nitrogens with zero attached hydrogens (tertiary/aromatic N) is 1. The van der Waals surface area contributed by atoms with E-state index >= 15 is 0 Å². The van der Waals surface area contributed by atoms with Crippen LogP contribution in [0.4, 0.5) is 5.69 Å². The van der Waals surface area contributed by atoms with E-state index in [1.54, 1.807) is 4.90 Å². The largest absolute Gasteiger partial charge is 0.489 e. The molecule has 2 amide bonds. The molecule has 164 valence electrons. The smallest absolute Gasteiger partial charge is 0.229 e. The summed E-state index contributed by atoms with van der Waals surface area (Å²) in [5.41, 5.74) is 2.89. The monoisotopic (exact) mass is 422 g/mol. The maximum absolute atomic E-state index is 12.9. The maximum Gasteiger partial charge on any atom is 0.229 e. The lowest BCUT2D eigenvalue weighted by Crippen LogP contribution is -2.28. The molecule has 0 aliphatic carbocycles. The van der Waals surface area contributed by atoms with E-state index in [4.69, 9.17) is 9.47 Å². The second-order valence-corrected chi connectivity index (χ2v) is 8.45. The molecule has 2 aromatic carbocycles. The van der Waals surface area contributed by atoms with Gasteiger partial charge in [0.2, 0.25) is 11.8 Å². The second-order valence-electron chi connectivity index (χ2n) is 8.45. The van der Waals surface area contributed by atoms with E-state index in [-0.39, 0.29) is 30.3 Å². The summed E-state index contributed by atoms with van der Waals surface area (Å²) >= 11 is 0. The predicted octanol–water partition coefficient (Wildman–Crippen LogP) is 3.93. The Kier molecular flexibility index (Phi) is 6.87. The van der Waals surface area contributed by atoms with E-state index in [0.717, 1.165) is 31.4 Å². The fourth-order valence-electron chi connectivity index (χ4n) is 4.07. The van der Waals surface area contributed by atoms with E-state index in [1.165, 1.54) is 5.56 Å². The number of hydrogen-bond donors (Lipinski definition) is 1. The predicted molar refractivity (Wildman–Crippen MR) is 119 cm³/mol. The summed E-state index contributed by atoms with van der Waals surface area (Å²) < 4.78 is 11.7. The quantitative estimate of drug-likeness (QED) is 0.734. The number of amides is 2. The van der Waals surface area contributed by atoms with Crippen molar-refractivity contribution in [3.05, 3.63) is 59.7 Å². The van der Waals surface area contributed by atoms with Gasteiger partial charge in [0.15, 0.2) is 0 Å². The van der Waals surface area contributed by atoms with Crippen LogP contribution in [0, 0.1) is 12.8 Å². The number of hydrogen-bond acceptors (Lipinski definition) is 4. The summed E-state index contributed by atoms with van der Waals surface area (Å²) in [5, 5.41) is 2.97. The van der Waals surface area contributed by atoms with Crippen molar-refractivity contribution in [1.82, 2.24) is 4.90 Å². The topological polar surface area (TPSA) is 67.9 Å². The molecule has 2 aliphatic rings. The van der Waals surface area contributed by atoms with Gasteiger partial charge in [-0.15, -0.1) is 0 Å². The molecule has 2 aliphatic heterocycles. The van der Waals surface area contributed by atoms with Crippen LogP contribution < -0.4 is 10.1 Å². The Bertz CT molecular complexity index is 906. The number of benzene rings is 2. The first kappa shape index (κ1) is 21.4. The van der Waals surface area contributed by atoms with E-state index in [0.29, 0.717) is 31.1 Å². The van der Waals surface area contributed by atoms with E-state index < -0.39 is 0 Å². The minimum Gasteiger partial charge on any atom is -0.489 e. The molecule has 2 heterocycles. The fraction of sp³-hybridized carbons (Fsp3) is 0.440. The van der Waals surface area contributed by atoms with Gasteiger partial charge in [0, 0.05) is 26.1 Å². The Morgan fingerprint density at radius 3 is 2.74 bits per heavy atom. The Hall–Kier alpha value is -2.86. The average molecular weight is 423 g/mol. The minimum absolute atomic E-state index is 0.0136. The second kappa shape index (κ2) is 9.96. The average Bonchev–Trinajstić information content (AvgIpc) is 3.16. The molecule has 6 heteroatoms. The number of para-hydroxylation sites is 2. The lowest BCUT2D eigenvalue weighted by molar-refractivity contribution is -0.128. The standard InChI is InChI=1S/C25H30N2O4/c1-18-9-11-19(12-10-18)15-27-16-20(14-24(27)28)25(29)26-22-7-2-3-8-23(22)31-17-21-6-4-5-13-30-21/h2-3,7-12,20-21H,4-6,13-17H2,1H3,(H,26,29). The first-order valence-electron chi connectivity index (χ1n) is 11.1. The molecule has 0 radical (unpaired) electrons. The molecule has 4 rings (SSSR count). The van der Waals surface area contributed by atoms with Crippen molar-refractivity contribution < 1.29 is 19.1 Å². The first-order chi connectivity index (χ1) is 15.1. The Balaban J connectivity index is 1.34. The molecular weight excluding hydrogens is 392 g/mol. The van der Waals surface area contributed by atoms with Crippen molar-refractivity contribution in [3.8, 4) is 5.75 Å². The maximum atomic E-state index is 12.9. The molecule has 2 aromatic rings. The third-order valence-electron chi connectivity index (χ3n) is 5.92. The number of carbonyl (C=O) groups is 2. The molecule has 2 atom stereocenters. The Labute approximate surface area is 183 Å². The lowest BCUT2D eigenvalue weighted by Gasteiger charge is -2.23. The van der Waals surface area contributed by atoms with Crippen molar-refractivity contribution in [2.45, 2.75) is 45.3 Å². The third kappa shape index (κ3) is 5.64. The molecule has 6 nitrogen and oxygen atoms in total. The van der Waals surface area contributed by atoms with Crippen LogP contribution in [-0.4, -0.2) is 42.6 Å². The van der Waals surface area contributed by atoms with E-state index in [9.17, 15) is 9.59 Å². The summed E-state index contributed by atoms with van der Waals surface area (Å²) in [4.78, 5) is 27.1. The van der Waals surface area contributed by atoms with Crippen LogP contribution in [0.5, 0.6) is 5.75 Å². The van der Waals surface area contributed by atoms with Crippen LogP contribution in [-0.2, 0) is 20.9 Å². The summed E-state index contributed by atoms with van der Waals surface area (Å²) in [6.45, 7) is 4.25. The van der Waals surface area contributed by atoms with Gasteiger partial charge in [-0.3, -0.25) is 9.59 Å². The molecule has 31 heavy (non-hydrogen) atoms. The van der Waals surface area contributed by atoms with Crippen molar-refractivity contribution in [3.63, 3.8) is 0 Å². The van der Waals surface area contributed by atoms with Crippen LogP contribution in [0.2, 0.25) is 0 Å². The van der Waals surface area contributed by atoms with Crippen LogP contribution in [0.25, 0.3) is 0 Å². The van der Waals surface area contributed by atoms with Gasteiger partial charge in [0.1, 0.15) is 12.4 Å². The fourth-order valence-corrected chi connectivity index (χ4v) is 4.07. The SMILES string of the molecule is Cc1ccc(CN2CC(C(=O)Nc3ccccc3OCC3CCCCO3)CC2=O)cc1. The minimum atomic E-state index is -0.368. The Morgan fingerprint density at radius 1 is 1.16 bits per heavy atom. The Morgan fingerprint density at radius 2 is 1.97 bits per heavy atom. The van der Waals surface area contributed by atoms with Crippen LogP contribution in [0.3, 0.4) is 0 Å². The van der Waals surface area contributed by atoms with Crippen molar-refractivity contribution in [2.75, 3.05) is 25.1 Å². The highest BCUT2D eigenvalue weighted by molar-refractivity contribution is 5.98. The van der Waals surface area contributed by atoms with Gasteiger partial charge in [0.25, 0.3) is 0 Å². The number of carbonyl (C=O) groups excluding carboxylic acids is 2. The van der Waals surface area contributed by atoms with Crippen molar-refractivity contribution in [1.29, 1.82) is 0 Å². The number of ether oxygens (including phenoxy) is 2. The molecular formula is C25H30N2O4. The van der Waals surface area contributed by atoms with Crippen LogP contribution >= 0.6 is 0 Å². The van der Waals surface area contributed by atoms with Gasteiger partial charge < -0.3 is 19.7 Å². The summed E-state index contributed by atoms with van der Waals surface area (Å²) in [5.74, 6) is 0.128. The number of aryl methyl sites for hydroxylation is 1. The summed E-state index contributed by atoms with van der Waals surface area (Å²) in [7, 11) is 0. The highest BCUT2D eigenvalue weighted by atomic mass is 16.5. The molecule has 2 unspecified atom stereocenters. The molecule has 0 bridgehead atoms. The lowest BCUT2D eigenvalue weighted by atomic mass is 10.1. The van der Waals surface area contributed by atoms with Crippen LogP contribution in [0.15, 0.2) is 48.5 Å². The molecule has 0 spiro atoms. The van der Waals surface area contributed by atoms with Gasteiger partial charge in [0.05, 0.1) is 17.7 Å². The summed E-state index contributed by atoms with van der Waals surface area (Å²) in [6, 6.07) is 15.6. The highest BCUT2D eigenvalue weighted by Gasteiger charge is 2.34. The van der Waals surface area contributed by atoms with Gasteiger partial charge >= 0.3 is 0 Å². The molecule has 1 N–H and O–H groups in total. The van der Waals surface area contributed by atoms with Crippen molar-refractivity contribution in [2.24, 2.45) is 5.92 Å². The molecule has 0 saturated carbocycles. The third-order valence-corrected chi connectivity index (χ3v) is 5.92. The number of likely N-dealkylation sites (tertiary alicyclic amines) is 1. The number of rotatable bonds is 7. The van der Waals surface area contributed by atoms with Gasteiger partial charge in [-0.1, -0.05) is 42.0 Å². The zero-order valence-electron chi connectivity index (χ0n) is 18.0. The summed E-state index contributed by atoms with van der Waals surface area (Å²) in [6.07, 6.45) is 3.58. The van der Waals surface area contributed by atoms with Gasteiger partial charge in [-0.25, -0.2) is 0 Å². The number of nitrogens with one attached hydrogen (secondary N) is 1. The normalized spacial score (nSPS) is 21.2. The zero-order valence-corrected chi connectivity index (χ0v) is 18.0. The van der Waals surface area contributed by atoms with Gasteiger partial charge in [-0.05, 0) is 43.9 Å². The number of anilines is 1. The van der Waals surface area contributed by atoms with E-state index in [1.807, 2.05) is 55.5 Å². The van der Waals surface area contributed by atoms with Gasteiger partial charge in [-0.2, -0.15) is 0 Å². The van der Waals surface area contributed by atoms with Crippen molar-refractivity contribution >= 4 is 17.5 Å². The molecule has 0 aromatic heterocycles. The molecule has 2 fully saturated rings. The zero-order chi connectivity index (χ0) is 21.6. The van der Waals surface area contributed by atoms with E-state index in [2.05, 4.69) is 5.32 Å².